The van der Waals surface area contributed by atoms with Gasteiger partial charge in [-0.3, -0.25) is 0 Å². The maximum absolute atomic E-state index is 2.30. The van der Waals surface area contributed by atoms with Crippen LogP contribution in [0.2, 0.25) is 0 Å². The zero-order valence-electron chi connectivity index (χ0n) is 9.75. The average Bonchev–Trinajstić information content (AvgIpc) is 2.28. The molecule has 15 heavy (non-hydrogen) atoms. The van der Waals surface area contributed by atoms with E-state index < -0.39 is 0 Å². The summed E-state index contributed by atoms with van der Waals surface area (Å²) in [4.78, 5) is 0. The minimum absolute atomic E-state index is 0.649. The van der Waals surface area contributed by atoms with Gasteiger partial charge >= 0.3 is 0 Å². The first-order valence-corrected chi connectivity index (χ1v) is 5.72. The second kappa shape index (κ2) is 4.06. The van der Waals surface area contributed by atoms with Crippen molar-refractivity contribution in [3.8, 4) is 0 Å². The van der Waals surface area contributed by atoms with Crippen LogP contribution in [0.5, 0.6) is 0 Å². The third-order valence-electron chi connectivity index (χ3n) is 3.32. The lowest BCUT2D eigenvalue weighted by atomic mass is 9.92. The summed E-state index contributed by atoms with van der Waals surface area (Å²) in [5.74, 6) is 0.649. The summed E-state index contributed by atoms with van der Waals surface area (Å²) in [5, 5.41) is 2.82. The Morgan fingerprint density at radius 2 is 1.67 bits per heavy atom. The number of hydrogen-bond donors (Lipinski definition) is 0. The van der Waals surface area contributed by atoms with Crippen LogP contribution in [-0.4, -0.2) is 0 Å². The molecule has 1 unspecified atom stereocenters. The average molecular weight is 198 g/mol. The van der Waals surface area contributed by atoms with Crippen LogP contribution >= 0.6 is 0 Å². The first kappa shape index (κ1) is 10.2. The van der Waals surface area contributed by atoms with Crippen molar-refractivity contribution in [2.24, 2.45) is 0 Å². The predicted molar refractivity (Wildman–Crippen MR) is 67.4 cm³/mol. The molecule has 0 amide bonds. The second-order valence-electron chi connectivity index (χ2n) is 4.33. The van der Waals surface area contributed by atoms with Crippen molar-refractivity contribution in [1.29, 1.82) is 0 Å². The molecular weight excluding hydrogens is 180 g/mol. The van der Waals surface area contributed by atoms with Gasteiger partial charge in [0.25, 0.3) is 0 Å². The van der Waals surface area contributed by atoms with Crippen molar-refractivity contribution in [3.63, 3.8) is 0 Å². The smallest absolute Gasteiger partial charge is 0.0147 e. The molecule has 0 saturated carbocycles. The van der Waals surface area contributed by atoms with Gasteiger partial charge in [0.15, 0.2) is 0 Å². The van der Waals surface area contributed by atoms with Crippen LogP contribution in [0.25, 0.3) is 10.8 Å². The van der Waals surface area contributed by atoms with Crippen LogP contribution in [-0.2, 0) is 0 Å². The molecule has 0 radical (unpaired) electrons. The molecule has 0 aliphatic carbocycles. The first-order valence-electron chi connectivity index (χ1n) is 5.72. The number of benzene rings is 2. The lowest BCUT2D eigenvalue weighted by Crippen LogP contribution is -1.93. The number of aryl methyl sites for hydroxylation is 1. The van der Waals surface area contributed by atoms with Gasteiger partial charge < -0.3 is 0 Å². The zero-order valence-corrected chi connectivity index (χ0v) is 9.75. The van der Waals surface area contributed by atoms with E-state index in [1.807, 2.05) is 0 Å². The fourth-order valence-electron chi connectivity index (χ4n) is 2.14. The predicted octanol–water partition coefficient (Wildman–Crippen LogP) is 4.66. The zero-order chi connectivity index (χ0) is 10.8. The van der Waals surface area contributed by atoms with Crippen molar-refractivity contribution in [3.05, 3.63) is 47.5 Å². The van der Waals surface area contributed by atoms with E-state index in [2.05, 4.69) is 57.2 Å². The Hall–Kier alpha value is -1.30. The molecule has 0 N–H and O–H groups in total. The quantitative estimate of drug-likeness (QED) is 0.658. The van der Waals surface area contributed by atoms with Crippen molar-refractivity contribution < 1.29 is 0 Å². The lowest BCUT2D eigenvalue weighted by Gasteiger charge is -2.13. The Balaban J connectivity index is 2.71. The van der Waals surface area contributed by atoms with Gasteiger partial charge in [0.1, 0.15) is 0 Å². The molecule has 0 heteroatoms. The fraction of sp³-hybridized carbons (Fsp3) is 0.333. The standard InChI is InChI=1S/C15H18/c1-4-11(2)13-8-6-9-14-12(3)7-5-10-15(13)14/h5-11H,4H2,1-3H3. The molecule has 1 atom stereocenters. The molecule has 0 nitrogen and oxygen atoms in total. The molecule has 2 aromatic rings. The minimum Gasteiger partial charge on any atom is -0.0648 e. The molecule has 0 aromatic heterocycles. The monoisotopic (exact) mass is 198 g/mol. The van der Waals surface area contributed by atoms with Crippen LogP contribution in [0, 0.1) is 6.92 Å². The minimum atomic E-state index is 0.649. The summed E-state index contributed by atoms with van der Waals surface area (Å²) in [6, 6.07) is 13.2. The Bertz CT molecular complexity index is 468. The lowest BCUT2D eigenvalue weighted by molar-refractivity contribution is 0.739. The van der Waals surface area contributed by atoms with Gasteiger partial charge in [-0.1, -0.05) is 50.2 Å². The van der Waals surface area contributed by atoms with Gasteiger partial charge in [-0.2, -0.15) is 0 Å². The van der Waals surface area contributed by atoms with Crippen molar-refractivity contribution in [2.75, 3.05) is 0 Å². The molecular formula is C15H18. The fourth-order valence-corrected chi connectivity index (χ4v) is 2.14. The molecule has 0 aliphatic rings. The summed E-state index contributed by atoms with van der Waals surface area (Å²) in [6.07, 6.45) is 1.20. The molecule has 0 bridgehead atoms. The first-order chi connectivity index (χ1) is 7.24. The van der Waals surface area contributed by atoms with E-state index in [9.17, 15) is 0 Å². The van der Waals surface area contributed by atoms with E-state index in [1.54, 1.807) is 0 Å². The van der Waals surface area contributed by atoms with E-state index in [-0.39, 0.29) is 0 Å². The number of hydrogen-bond acceptors (Lipinski definition) is 0. The Labute approximate surface area is 91.9 Å². The largest absolute Gasteiger partial charge is 0.0648 e. The second-order valence-corrected chi connectivity index (χ2v) is 4.33. The number of rotatable bonds is 2. The molecule has 0 spiro atoms. The molecule has 0 saturated heterocycles. The van der Waals surface area contributed by atoms with Crippen LogP contribution < -0.4 is 0 Å². The number of fused-ring (bicyclic) bond motifs is 1. The maximum Gasteiger partial charge on any atom is -0.0147 e. The molecule has 78 valence electrons. The van der Waals surface area contributed by atoms with Gasteiger partial charge in [0.2, 0.25) is 0 Å². The van der Waals surface area contributed by atoms with Crippen LogP contribution in [0.1, 0.15) is 37.3 Å². The molecule has 2 aromatic carbocycles. The van der Waals surface area contributed by atoms with E-state index in [4.69, 9.17) is 0 Å². The van der Waals surface area contributed by atoms with Gasteiger partial charge in [0.05, 0.1) is 0 Å². The highest BCUT2D eigenvalue weighted by Crippen LogP contribution is 2.28. The summed E-state index contributed by atoms with van der Waals surface area (Å²) >= 11 is 0. The Morgan fingerprint density at radius 1 is 1.00 bits per heavy atom. The SMILES string of the molecule is CCC(C)c1cccc2c(C)cccc12. The highest BCUT2D eigenvalue weighted by atomic mass is 14.1. The third-order valence-corrected chi connectivity index (χ3v) is 3.32. The summed E-state index contributed by atoms with van der Waals surface area (Å²) in [7, 11) is 0. The van der Waals surface area contributed by atoms with E-state index >= 15 is 0 Å². The van der Waals surface area contributed by atoms with E-state index in [0.717, 1.165) is 0 Å². The van der Waals surface area contributed by atoms with Gasteiger partial charge in [-0.05, 0) is 41.2 Å². The third kappa shape index (κ3) is 1.77. The molecule has 0 fully saturated rings. The van der Waals surface area contributed by atoms with Gasteiger partial charge in [-0.25, -0.2) is 0 Å². The van der Waals surface area contributed by atoms with Crippen LogP contribution in [0.15, 0.2) is 36.4 Å². The van der Waals surface area contributed by atoms with E-state index in [1.165, 1.54) is 28.3 Å². The highest BCUT2D eigenvalue weighted by molar-refractivity contribution is 5.88. The molecule has 2 rings (SSSR count). The van der Waals surface area contributed by atoms with Crippen molar-refractivity contribution in [2.45, 2.75) is 33.1 Å². The van der Waals surface area contributed by atoms with Crippen LogP contribution in [0.3, 0.4) is 0 Å². The van der Waals surface area contributed by atoms with Crippen molar-refractivity contribution in [1.82, 2.24) is 0 Å². The molecule has 0 aliphatic heterocycles. The van der Waals surface area contributed by atoms with Gasteiger partial charge in [-0.15, -0.1) is 0 Å². The van der Waals surface area contributed by atoms with Crippen molar-refractivity contribution >= 4 is 10.8 Å². The molecule has 0 heterocycles. The maximum atomic E-state index is 2.30. The topological polar surface area (TPSA) is 0 Å². The normalized spacial score (nSPS) is 13.0. The summed E-state index contributed by atoms with van der Waals surface area (Å²) in [5.41, 5.74) is 2.86. The summed E-state index contributed by atoms with van der Waals surface area (Å²) in [6.45, 7) is 6.74. The Morgan fingerprint density at radius 3 is 2.40 bits per heavy atom. The van der Waals surface area contributed by atoms with Gasteiger partial charge in [0, 0.05) is 0 Å². The van der Waals surface area contributed by atoms with Crippen LogP contribution in [0.4, 0.5) is 0 Å². The summed E-state index contributed by atoms with van der Waals surface area (Å²) < 4.78 is 0. The highest BCUT2D eigenvalue weighted by Gasteiger charge is 2.07. The Kier molecular flexibility index (Phi) is 2.77. The van der Waals surface area contributed by atoms with E-state index in [0.29, 0.717) is 5.92 Å².